The molecule has 2 aliphatic rings. The number of carbonyl (C=O) groups excluding carboxylic acids is 1. The zero-order valence-corrected chi connectivity index (χ0v) is 12.3. The molecule has 1 fully saturated rings. The molecule has 0 aromatic carbocycles. The fraction of sp³-hybridized carbons (Fsp3) is 0.800. The van der Waals surface area contributed by atoms with Crippen LogP contribution in [0, 0.1) is 0 Å². The normalized spacial score (nSPS) is 23.5. The van der Waals surface area contributed by atoms with Gasteiger partial charge in [-0.15, -0.1) is 0 Å². The number of hydrogen-bond acceptors (Lipinski definition) is 3. The number of rotatable bonds is 5. The van der Waals surface area contributed by atoms with Crippen molar-refractivity contribution in [3.05, 3.63) is 11.8 Å². The zero-order chi connectivity index (χ0) is 13.7. The van der Waals surface area contributed by atoms with Gasteiger partial charge in [-0.05, 0) is 52.6 Å². The van der Waals surface area contributed by atoms with Crippen LogP contribution in [0.15, 0.2) is 11.8 Å². The second-order valence-electron chi connectivity index (χ2n) is 5.64. The molecule has 0 aromatic rings. The monoisotopic (exact) mass is 265 g/mol. The molecule has 1 N–H and O–H groups in total. The molecule has 1 aliphatic carbocycles. The highest BCUT2D eigenvalue weighted by Gasteiger charge is 2.24. The van der Waals surface area contributed by atoms with E-state index in [0.717, 1.165) is 38.9 Å². The molecule has 1 aliphatic heterocycles. The number of carbonyl (C=O) groups is 1. The lowest BCUT2D eigenvalue weighted by Gasteiger charge is -2.30. The van der Waals surface area contributed by atoms with Crippen LogP contribution in [0.25, 0.3) is 0 Å². The Morgan fingerprint density at radius 2 is 2.32 bits per heavy atom. The van der Waals surface area contributed by atoms with E-state index in [1.54, 1.807) is 0 Å². The molecule has 4 heteroatoms. The van der Waals surface area contributed by atoms with Crippen molar-refractivity contribution in [1.29, 1.82) is 0 Å². The highest BCUT2D eigenvalue weighted by molar-refractivity contribution is 5.80. The van der Waals surface area contributed by atoms with E-state index in [4.69, 9.17) is 0 Å². The predicted octanol–water partition coefficient (Wildman–Crippen LogP) is 1.59. The molecule has 4 nitrogen and oxygen atoms in total. The van der Waals surface area contributed by atoms with Gasteiger partial charge in [0, 0.05) is 24.8 Å². The maximum Gasteiger partial charge on any atom is 0.240 e. The van der Waals surface area contributed by atoms with Gasteiger partial charge in [-0.3, -0.25) is 9.69 Å². The summed E-state index contributed by atoms with van der Waals surface area (Å²) in [5, 5.41) is 3.36. The van der Waals surface area contributed by atoms with Crippen molar-refractivity contribution in [2.45, 2.75) is 45.1 Å². The van der Waals surface area contributed by atoms with Gasteiger partial charge in [0.2, 0.25) is 5.91 Å². The summed E-state index contributed by atoms with van der Waals surface area (Å²) >= 11 is 0. The van der Waals surface area contributed by atoms with E-state index in [-0.39, 0.29) is 5.91 Å². The lowest BCUT2D eigenvalue weighted by molar-refractivity contribution is -0.130. The second-order valence-corrected chi connectivity index (χ2v) is 5.64. The maximum atomic E-state index is 12.5. The molecular weight excluding hydrogens is 238 g/mol. The molecule has 19 heavy (non-hydrogen) atoms. The summed E-state index contributed by atoms with van der Waals surface area (Å²) in [6.07, 6.45) is 8.08. The molecule has 108 valence electrons. The Morgan fingerprint density at radius 3 is 2.89 bits per heavy atom. The molecule has 0 spiro atoms. The topological polar surface area (TPSA) is 35.6 Å². The summed E-state index contributed by atoms with van der Waals surface area (Å²) < 4.78 is 0. The highest BCUT2D eigenvalue weighted by Crippen LogP contribution is 2.21. The third-order valence-corrected chi connectivity index (χ3v) is 4.27. The van der Waals surface area contributed by atoms with Crippen LogP contribution in [0.5, 0.6) is 0 Å². The summed E-state index contributed by atoms with van der Waals surface area (Å²) in [6, 6.07) is 0.517. The van der Waals surface area contributed by atoms with Gasteiger partial charge in [0.05, 0.1) is 6.54 Å². The van der Waals surface area contributed by atoms with Crippen LogP contribution >= 0.6 is 0 Å². The number of hydrogen-bond donors (Lipinski definition) is 1. The first-order valence-corrected chi connectivity index (χ1v) is 7.62. The molecule has 0 bridgehead atoms. The first kappa shape index (κ1) is 14.5. The van der Waals surface area contributed by atoms with Gasteiger partial charge >= 0.3 is 0 Å². The Bertz CT molecular complexity index is 334. The van der Waals surface area contributed by atoms with E-state index in [1.165, 1.54) is 18.5 Å². The summed E-state index contributed by atoms with van der Waals surface area (Å²) in [4.78, 5) is 16.7. The second kappa shape index (κ2) is 7.06. The van der Waals surface area contributed by atoms with Crippen LogP contribution in [0.2, 0.25) is 0 Å². The minimum absolute atomic E-state index is 0.255. The van der Waals surface area contributed by atoms with E-state index in [2.05, 4.69) is 30.3 Å². The van der Waals surface area contributed by atoms with Crippen molar-refractivity contribution in [2.24, 2.45) is 0 Å². The van der Waals surface area contributed by atoms with E-state index in [9.17, 15) is 4.79 Å². The average molecular weight is 265 g/mol. The van der Waals surface area contributed by atoms with Crippen molar-refractivity contribution >= 4 is 5.91 Å². The first-order valence-electron chi connectivity index (χ1n) is 7.62. The first-order chi connectivity index (χ1) is 9.22. The van der Waals surface area contributed by atoms with Crippen molar-refractivity contribution in [3.8, 4) is 0 Å². The van der Waals surface area contributed by atoms with Gasteiger partial charge in [-0.25, -0.2) is 0 Å². The molecule has 1 atom stereocenters. The number of likely N-dealkylation sites (N-methyl/N-ethyl adjacent to an activating group) is 2. The van der Waals surface area contributed by atoms with E-state index in [1.807, 2.05) is 4.90 Å². The Labute approximate surface area is 116 Å². The molecule has 1 amide bonds. The van der Waals surface area contributed by atoms with Gasteiger partial charge in [0.25, 0.3) is 0 Å². The van der Waals surface area contributed by atoms with Gasteiger partial charge in [0.1, 0.15) is 0 Å². The summed E-state index contributed by atoms with van der Waals surface area (Å²) in [5.74, 6) is 0.255. The minimum Gasteiger partial charge on any atom is -0.316 e. The molecule has 0 saturated carbocycles. The van der Waals surface area contributed by atoms with Crippen molar-refractivity contribution in [1.82, 2.24) is 15.1 Å². The van der Waals surface area contributed by atoms with Gasteiger partial charge in [-0.2, -0.15) is 0 Å². The summed E-state index contributed by atoms with van der Waals surface area (Å²) in [6.45, 7) is 5.49. The molecular formula is C15H27N3O. The van der Waals surface area contributed by atoms with Crippen LogP contribution in [0.1, 0.15) is 39.0 Å². The van der Waals surface area contributed by atoms with Crippen molar-refractivity contribution in [3.63, 3.8) is 0 Å². The van der Waals surface area contributed by atoms with E-state index < -0.39 is 0 Å². The molecule has 0 radical (unpaired) electrons. The maximum absolute atomic E-state index is 12.5. The Morgan fingerprint density at radius 1 is 1.47 bits per heavy atom. The Kier molecular flexibility index (Phi) is 5.40. The van der Waals surface area contributed by atoms with Crippen molar-refractivity contribution in [2.75, 3.05) is 33.2 Å². The SMILES string of the molecule is CCN(C(=O)CN(C)C1CCNC1)C1=CCCCC1. The Hall–Kier alpha value is -0.870. The molecule has 2 rings (SSSR count). The third-order valence-electron chi connectivity index (χ3n) is 4.27. The van der Waals surface area contributed by atoms with E-state index >= 15 is 0 Å². The van der Waals surface area contributed by atoms with Crippen LogP contribution in [-0.4, -0.2) is 55.0 Å². The van der Waals surface area contributed by atoms with Gasteiger partial charge in [-0.1, -0.05) is 6.08 Å². The third kappa shape index (κ3) is 3.80. The lowest BCUT2D eigenvalue weighted by atomic mass is 10.0. The van der Waals surface area contributed by atoms with Gasteiger partial charge in [0.15, 0.2) is 0 Å². The number of amides is 1. The van der Waals surface area contributed by atoms with Crippen LogP contribution in [-0.2, 0) is 4.79 Å². The van der Waals surface area contributed by atoms with Crippen LogP contribution < -0.4 is 5.32 Å². The molecule has 1 saturated heterocycles. The molecule has 1 unspecified atom stereocenters. The lowest BCUT2D eigenvalue weighted by Crippen LogP contribution is -2.43. The molecule has 1 heterocycles. The molecule has 0 aromatic heterocycles. The van der Waals surface area contributed by atoms with Crippen LogP contribution in [0.4, 0.5) is 0 Å². The zero-order valence-electron chi connectivity index (χ0n) is 12.3. The van der Waals surface area contributed by atoms with E-state index in [0.29, 0.717) is 12.6 Å². The summed E-state index contributed by atoms with van der Waals surface area (Å²) in [5.41, 5.74) is 1.25. The summed E-state index contributed by atoms with van der Waals surface area (Å²) in [7, 11) is 2.07. The number of nitrogens with one attached hydrogen (secondary N) is 1. The predicted molar refractivity (Wildman–Crippen MR) is 77.8 cm³/mol. The minimum atomic E-state index is 0.255. The average Bonchev–Trinajstić information content (AvgIpc) is 2.94. The quantitative estimate of drug-likeness (QED) is 0.820. The number of nitrogens with zero attached hydrogens (tertiary/aromatic N) is 2. The smallest absolute Gasteiger partial charge is 0.240 e. The van der Waals surface area contributed by atoms with Gasteiger partial charge < -0.3 is 10.2 Å². The fourth-order valence-corrected chi connectivity index (χ4v) is 3.05. The number of allylic oxidation sites excluding steroid dienone is 2. The fourth-order valence-electron chi connectivity index (χ4n) is 3.05. The van der Waals surface area contributed by atoms with Crippen molar-refractivity contribution < 1.29 is 4.79 Å². The largest absolute Gasteiger partial charge is 0.316 e. The highest BCUT2D eigenvalue weighted by atomic mass is 16.2. The van der Waals surface area contributed by atoms with Crippen LogP contribution in [0.3, 0.4) is 0 Å². The standard InChI is InChI=1S/C15H27N3O/c1-3-18(13-7-5-4-6-8-13)15(19)12-17(2)14-9-10-16-11-14/h7,14,16H,3-6,8-12H2,1-2H3. The Balaban J connectivity index is 1.90.